The predicted molar refractivity (Wildman–Crippen MR) is 482 cm³/mol. The molecule has 20 aromatic rings. The minimum atomic E-state index is -0.0788. The maximum absolute atomic E-state index is 12.3. The van der Waals surface area contributed by atoms with E-state index in [9.17, 15) is 14.4 Å². The molecule has 21 rings (SSSR count). The number of likely N-dealkylation sites (tertiary alicyclic amines) is 1. The molecule has 0 radical (unpaired) electrons. The fourth-order valence-corrected chi connectivity index (χ4v) is 15.2. The van der Waals surface area contributed by atoms with Gasteiger partial charge in [0.25, 0.3) is 0 Å². The summed E-state index contributed by atoms with van der Waals surface area (Å²) in [6, 6.07) is 40.0. The molecule has 1 aliphatic heterocycles. The zero-order valence-corrected chi connectivity index (χ0v) is 68.6. The maximum atomic E-state index is 12.3. The number of anilines is 3. The molecule has 0 spiro atoms. The summed E-state index contributed by atoms with van der Waals surface area (Å²) in [5.41, 5.74) is 24.7. The first kappa shape index (κ1) is 79.3. The normalized spacial score (nSPS) is 12.4. The van der Waals surface area contributed by atoms with Gasteiger partial charge in [-0.05, 0) is 169 Å². The van der Waals surface area contributed by atoms with Gasteiger partial charge in [-0.3, -0.25) is 79.6 Å². The first-order valence-electron chi connectivity index (χ1n) is 41.2. The van der Waals surface area contributed by atoms with Gasteiger partial charge in [0.2, 0.25) is 17.7 Å². The Balaban J connectivity index is 0.000000113. The Morgan fingerprint density at radius 2 is 0.685 bits per heavy atom. The Labute approximate surface area is 708 Å². The molecule has 31 nitrogen and oxygen atoms in total. The largest absolute Gasteiger partial charge is 0.335 e. The quantitative estimate of drug-likeness (QED) is 0.0358. The second-order valence-electron chi connectivity index (χ2n) is 31.8. The van der Waals surface area contributed by atoms with Gasteiger partial charge in [-0.2, -0.15) is 20.4 Å². The number of carbonyl (C=O) groups excluding carboxylic acids is 3. The molecule has 0 atom stereocenters. The number of imidazole rings is 4. The first-order chi connectivity index (χ1) is 60.6. The molecular weight excluding hydrogens is 1560 g/mol. The Bertz CT molecular complexity index is 7140. The SMILES string of the molecule is CC(C)(C)CC(=O)Nc1cncc(-c2ccc3[nH]nc(-c4nc5ccncc5[nH]4)c3c2)c1.CCCC(=O)Nc1cncc(-c2ccc3[nH]nc(-c4nc5ccncc5[nH]4)c3c2)c1.CCCCC(=O)Nc1cncc(-c2ccc3[nH]nc(-c4nc5ccncc5[nH]4)c3c2)c1.c1cc2nc(-c3n[nH]c4ccc(-c5cncc(CN6CCCCC6)c5)cc34)[nH]c2cn1. The average molecular weight is 1640 g/mol. The van der Waals surface area contributed by atoms with E-state index in [1.54, 1.807) is 86.8 Å². The predicted octanol–water partition coefficient (Wildman–Crippen LogP) is 18.5. The molecule has 17 heterocycles. The van der Waals surface area contributed by atoms with E-state index < -0.39 is 0 Å². The highest BCUT2D eigenvalue weighted by atomic mass is 16.2. The van der Waals surface area contributed by atoms with Gasteiger partial charge in [0.05, 0.1) is 127 Å². The number of nitrogens with one attached hydrogen (secondary N) is 11. The highest BCUT2D eigenvalue weighted by molar-refractivity contribution is 6.01. The zero-order valence-electron chi connectivity index (χ0n) is 68.6. The molecule has 16 aromatic heterocycles. The number of carbonyl (C=O) groups is 3. The molecule has 0 aliphatic carbocycles. The van der Waals surface area contributed by atoms with Crippen molar-refractivity contribution in [3.63, 3.8) is 0 Å². The zero-order chi connectivity index (χ0) is 84.6. The summed E-state index contributed by atoms with van der Waals surface area (Å²) in [4.78, 5) is 105. The Morgan fingerprint density at radius 3 is 1.02 bits per heavy atom. The van der Waals surface area contributed by atoms with Crippen LogP contribution in [0, 0.1) is 5.41 Å². The van der Waals surface area contributed by atoms with Crippen LogP contribution >= 0.6 is 0 Å². The van der Waals surface area contributed by atoms with Crippen molar-refractivity contribution < 1.29 is 14.4 Å². The lowest BCUT2D eigenvalue weighted by molar-refractivity contribution is -0.118. The molecule has 11 N–H and O–H groups in total. The molecule has 31 heteroatoms. The number of benzene rings is 4. The summed E-state index contributed by atoms with van der Waals surface area (Å²) in [6.45, 7) is 13.5. The number of hydrogen-bond donors (Lipinski definition) is 11. The lowest BCUT2D eigenvalue weighted by atomic mass is 9.92. The third-order valence-electron chi connectivity index (χ3n) is 21.3. The van der Waals surface area contributed by atoms with Crippen molar-refractivity contribution >= 4 is 123 Å². The van der Waals surface area contributed by atoms with Crippen molar-refractivity contribution in [1.29, 1.82) is 0 Å². The summed E-state index contributed by atoms with van der Waals surface area (Å²) in [6.07, 6.45) is 36.2. The van der Waals surface area contributed by atoms with E-state index in [0.717, 1.165) is 187 Å². The number of piperidine rings is 1. The van der Waals surface area contributed by atoms with E-state index in [4.69, 9.17) is 4.98 Å². The molecule has 0 unspecified atom stereocenters. The number of amides is 3. The number of hydrogen-bond acceptors (Lipinski definition) is 20. The van der Waals surface area contributed by atoms with Gasteiger partial charge in [0, 0.05) is 125 Å². The second-order valence-corrected chi connectivity index (χ2v) is 31.8. The highest BCUT2D eigenvalue weighted by Gasteiger charge is 2.22. The Morgan fingerprint density at radius 1 is 0.347 bits per heavy atom. The molecular formula is C93H86N28O3. The van der Waals surface area contributed by atoms with Crippen LogP contribution in [0.15, 0.2) is 220 Å². The van der Waals surface area contributed by atoms with Gasteiger partial charge in [-0.1, -0.05) is 71.7 Å². The minimum Gasteiger partial charge on any atom is -0.335 e. The fourth-order valence-electron chi connectivity index (χ4n) is 15.2. The molecule has 3 amide bonds. The number of aromatic nitrogens is 24. The van der Waals surface area contributed by atoms with Crippen LogP contribution in [0.3, 0.4) is 0 Å². The molecule has 1 fully saturated rings. The van der Waals surface area contributed by atoms with E-state index in [1.165, 1.54) is 37.9 Å². The van der Waals surface area contributed by atoms with Crippen LogP contribution in [-0.4, -0.2) is 156 Å². The summed E-state index contributed by atoms with van der Waals surface area (Å²) >= 11 is 0. The van der Waals surface area contributed by atoms with E-state index in [1.807, 2.05) is 125 Å². The monoisotopic (exact) mass is 1640 g/mol. The lowest BCUT2D eigenvalue weighted by Crippen LogP contribution is -2.29. The Hall–Kier alpha value is -15.8. The number of nitrogens with zero attached hydrogens (tertiary/aromatic N) is 17. The van der Waals surface area contributed by atoms with Crippen molar-refractivity contribution in [2.24, 2.45) is 5.41 Å². The molecule has 1 aliphatic rings. The molecule has 616 valence electrons. The van der Waals surface area contributed by atoms with Crippen molar-refractivity contribution in [2.45, 2.75) is 99.0 Å². The van der Waals surface area contributed by atoms with Crippen LogP contribution < -0.4 is 16.0 Å². The number of rotatable bonds is 19. The lowest BCUT2D eigenvalue weighted by Gasteiger charge is -2.26. The van der Waals surface area contributed by atoms with Crippen LogP contribution in [0.4, 0.5) is 17.1 Å². The van der Waals surface area contributed by atoms with Crippen molar-refractivity contribution in [3.8, 4) is 90.6 Å². The number of fused-ring (bicyclic) bond motifs is 8. The molecule has 1 saturated heterocycles. The van der Waals surface area contributed by atoms with Gasteiger partial charge < -0.3 is 35.9 Å². The third kappa shape index (κ3) is 17.9. The molecule has 4 aromatic carbocycles. The average Bonchev–Trinajstić information content (AvgIpc) is 1.64. The molecule has 0 saturated carbocycles. The van der Waals surface area contributed by atoms with Crippen molar-refractivity contribution in [3.05, 3.63) is 226 Å². The number of unbranched alkanes of at least 4 members (excludes halogenated alkanes) is 1. The summed E-state index contributed by atoms with van der Waals surface area (Å²) in [7, 11) is 0. The van der Waals surface area contributed by atoms with Crippen LogP contribution in [0.5, 0.6) is 0 Å². The van der Waals surface area contributed by atoms with E-state index in [0.29, 0.717) is 53.8 Å². The fraction of sp³-hybridized carbons (Fsp3) is 0.194. The van der Waals surface area contributed by atoms with Gasteiger partial charge in [0.1, 0.15) is 22.8 Å². The van der Waals surface area contributed by atoms with Crippen molar-refractivity contribution in [2.75, 3.05) is 29.0 Å². The van der Waals surface area contributed by atoms with Gasteiger partial charge >= 0.3 is 0 Å². The van der Waals surface area contributed by atoms with Crippen molar-refractivity contribution in [1.82, 2.24) is 125 Å². The van der Waals surface area contributed by atoms with Gasteiger partial charge in [0.15, 0.2) is 23.3 Å². The number of aromatic amines is 8. The van der Waals surface area contributed by atoms with Gasteiger partial charge in [-0.25, -0.2) is 19.9 Å². The topological polar surface area (TPSA) is 423 Å². The van der Waals surface area contributed by atoms with Crippen LogP contribution in [-0.2, 0) is 20.9 Å². The highest BCUT2D eigenvalue weighted by Crippen LogP contribution is 2.37. The minimum absolute atomic E-state index is 0.00717. The maximum Gasteiger partial charge on any atom is 0.224 e. The standard InChI is InChI=1S/C24H23N7O.C24H23N7.C23H21N7O.C22H19N7O/c1-24(2,3)10-21(32)27-16-8-15(11-26-12-16)14-4-5-18-17(9-14)22(31-30-18)23-28-19-6-7-25-13-20(19)29-23;1-2-8-31(9-3-1)15-16-10-18(13-26-12-16)17-4-5-20-19(11-17)23(30-29-20)24-27-21-6-7-25-14-22(21)28-24;1-2-3-4-21(31)26-16-9-15(11-25-12-16)14-5-6-18-17(10-14)22(30-29-18)23-27-19-7-8-24-13-20(19)28-23;1-2-3-20(30)25-15-8-14(10-24-11-15)13-4-5-17-16(9-13)21(29-28-17)22-26-18-6-7-23-12-19(18)27-22/h4-9,11-13H,10H2,1-3H3,(H,27,32)(H,28,29)(H,30,31);4-7,10-14H,1-3,8-9,15H2,(H,27,28)(H,29,30);5-13H,2-4H2,1H3,(H,26,31)(H,27,28)(H,29,30);4-12H,2-3H2,1H3,(H,25,30)(H,26,27)(H,28,29). The molecule has 124 heavy (non-hydrogen) atoms. The summed E-state index contributed by atoms with van der Waals surface area (Å²) in [5.74, 6) is 2.75. The van der Waals surface area contributed by atoms with Crippen LogP contribution in [0.1, 0.15) is 98.0 Å². The van der Waals surface area contributed by atoms with Gasteiger partial charge in [-0.15, -0.1) is 0 Å². The van der Waals surface area contributed by atoms with E-state index in [2.05, 4.69) is 180 Å². The van der Waals surface area contributed by atoms with E-state index in [-0.39, 0.29) is 23.1 Å². The third-order valence-corrected chi connectivity index (χ3v) is 21.3. The first-order valence-corrected chi connectivity index (χ1v) is 41.2. The smallest absolute Gasteiger partial charge is 0.224 e. The summed E-state index contributed by atoms with van der Waals surface area (Å²) < 4.78 is 0. The van der Waals surface area contributed by atoms with E-state index >= 15 is 0 Å². The van der Waals surface area contributed by atoms with Crippen LogP contribution in [0.25, 0.3) is 178 Å². The van der Waals surface area contributed by atoms with Crippen LogP contribution in [0.2, 0.25) is 0 Å². The Kier molecular flexibility index (Phi) is 22.6. The molecule has 0 bridgehead atoms. The second kappa shape index (κ2) is 35.3. The number of pyridine rings is 8. The number of H-pyrrole nitrogens is 8. The summed E-state index contributed by atoms with van der Waals surface area (Å²) in [5, 5.41) is 42.9.